The standard InChI is InChI=1S/C16H25N7O/c1-17-16(18-5-3-14-11-19-21(2)12-14)23-8-6-22(7-9-23)13-15-4-10-24-20-15/h4,10-12H,3,5-9,13H2,1-2H3,(H,17,18). The Balaban J connectivity index is 1.42. The maximum Gasteiger partial charge on any atom is 0.193 e. The number of nitrogens with zero attached hydrogens (tertiary/aromatic N) is 6. The van der Waals surface area contributed by atoms with Crippen LogP contribution in [0.4, 0.5) is 0 Å². The Labute approximate surface area is 142 Å². The summed E-state index contributed by atoms with van der Waals surface area (Å²) in [6, 6.07) is 1.92. The van der Waals surface area contributed by atoms with E-state index in [-0.39, 0.29) is 0 Å². The summed E-state index contributed by atoms with van der Waals surface area (Å²) >= 11 is 0. The van der Waals surface area contributed by atoms with Crippen LogP contribution in [0.15, 0.2) is 34.2 Å². The van der Waals surface area contributed by atoms with Gasteiger partial charge in [0.2, 0.25) is 0 Å². The van der Waals surface area contributed by atoms with Gasteiger partial charge >= 0.3 is 0 Å². The summed E-state index contributed by atoms with van der Waals surface area (Å²) in [7, 11) is 3.78. The fourth-order valence-electron chi connectivity index (χ4n) is 2.92. The van der Waals surface area contributed by atoms with Gasteiger partial charge in [0.05, 0.1) is 11.9 Å². The van der Waals surface area contributed by atoms with Gasteiger partial charge in [-0.1, -0.05) is 5.16 Å². The first-order chi connectivity index (χ1) is 11.7. The molecule has 130 valence electrons. The third kappa shape index (κ3) is 4.35. The number of hydrogen-bond donors (Lipinski definition) is 1. The molecule has 8 heteroatoms. The second kappa shape index (κ2) is 7.96. The van der Waals surface area contributed by atoms with Crippen LogP contribution < -0.4 is 5.32 Å². The zero-order chi connectivity index (χ0) is 16.8. The van der Waals surface area contributed by atoms with Crippen molar-refractivity contribution in [2.24, 2.45) is 12.0 Å². The average molecular weight is 331 g/mol. The molecule has 2 aromatic heterocycles. The van der Waals surface area contributed by atoms with Crippen molar-refractivity contribution in [2.75, 3.05) is 39.8 Å². The SMILES string of the molecule is CN=C(NCCc1cnn(C)c1)N1CCN(Cc2ccon2)CC1. The largest absolute Gasteiger partial charge is 0.364 e. The monoisotopic (exact) mass is 331 g/mol. The zero-order valence-corrected chi connectivity index (χ0v) is 14.4. The van der Waals surface area contributed by atoms with Crippen molar-refractivity contribution in [2.45, 2.75) is 13.0 Å². The maximum absolute atomic E-state index is 4.89. The van der Waals surface area contributed by atoms with E-state index < -0.39 is 0 Å². The Kier molecular flexibility index (Phi) is 5.47. The summed E-state index contributed by atoms with van der Waals surface area (Å²) in [4.78, 5) is 9.11. The lowest BCUT2D eigenvalue weighted by atomic mass is 10.2. The molecule has 1 aliphatic rings. The van der Waals surface area contributed by atoms with Crippen LogP contribution in [0.2, 0.25) is 0 Å². The van der Waals surface area contributed by atoms with E-state index in [0.717, 1.165) is 57.3 Å². The van der Waals surface area contributed by atoms with Gasteiger partial charge in [0.15, 0.2) is 5.96 Å². The Morgan fingerprint density at radius 2 is 2.17 bits per heavy atom. The summed E-state index contributed by atoms with van der Waals surface area (Å²) in [6.07, 6.45) is 6.53. The quantitative estimate of drug-likeness (QED) is 0.629. The molecule has 1 aliphatic heterocycles. The number of hydrogen-bond acceptors (Lipinski definition) is 5. The van der Waals surface area contributed by atoms with Gasteiger partial charge in [-0.25, -0.2) is 0 Å². The predicted molar refractivity (Wildman–Crippen MR) is 91.6 cm³/mol. The smallest absolute Gasteiger partial charge is 0.193 e. The van der Waals surface area contributed by atoms with E-state index in [4.69, 9.17) is 4.52 Å². The molecule has 1 N–H and O–H groups in total. The van der Waals surface area contributed by atoms with Crippen LogP contribution in [-0.2, 0) is 20.0 Å². The molecule has 3 rings (SSSR count). The number of aromatic nitrogens is 3. The topological polar surface area (TPSA) is 74.7 Å². The van der Waals surface area contributed by atoms with Crippen LogP contribution in [0.1, 0.15) is 11.3 Å². The van der Waals surface area contributed by atoms with Crippen molar-refractivity contribution >= 4 is 5.96 Å². The van der Waals surface area contributed by atoms with Gasteiger partial charge in [-0.15, -0.1) is 0 Å². The number of nitrogens with one attached hydrogen (secondary N) is 1. The highest BCUT2D eigenvalue weighted by Gasteiger charge is 2.20. The van der Waals surface area contributed by atoms with E-state index in [1.54, 1.807) is 6.26 Å². The molecule has 0 spiro atoms. The summed E-state index contributed by atoms with van der Waals surface area (Å²) < 4.78 is 6.72. The lowest BCUT2D eigenvalue weighted by Gasteiger charge is -2.36. The molecule has 24 heavy (non-hydrogen) atoms. The number of piperazine rings is 1. The van der Waals surface area contributed by atoms with E-state index >= 15 is 0 Å². The van der Waals surface area contributed by atoms with Crippen LogP contribution in [0.3, 0.4) is 0 Å². The molecule has 1 saturated heterocycles. The molecule has 8 nitrogen and oxygen atoms in total. The molecule has 0 aliphatic carbocycles. The highest BCUT2D eigenvalue weighted by Crippen LogP contribution is 2.07. The van der Waals surface area contributed by atoms with Crippen LogP contribution in [0, 0.1) is 0 Å². The lowest BCUT2D eigenvalue weighted by molar-refractivity contribution is 0.169. The molecule has 2 aromatic rings. The summed E-state index contributed by atoms with van der Waals surface area (Å²) in [5.74, 6) is 0.972. The van der Waals surface area contributed by atoms with Crippen molar-refractivity contribution in [1.82, 2.24) is 30.1 Å². The highest BCUT2D eigenvalue weighted by molar-refractivity contribution is 5.80. The Morgan fingerprint density at radius 3 is 2.79 bits per heavy atom. The highest BCUT2D eigenvalue weighted by atomic mass is 16.5. The molecule has 0 amide bonds. The molecular formula is C16H25N7O. The number of guanidine groups is 1. The fourth-order valence-corrected chi connectivity index (χ4v) is 2.92. The van der Waals surface area contributed by atoms with Gasteiger partial charge < -0.3 is 14.7 Å². The molecule has 0 saturated carbocycles. The van der Waals surface area contributed by atoms with Gasteiger partial charge in [-0.05, 0) is 12.0 Å². The van der Waals surface area contributed by atoms with Gasteiger partial charge in [0.25, 0.3) is 0 Å². The van der Waals surface area contributed by atoms with Crippen molar-refractivity contribution in [1.29, 1.82) is 0 Å². The molecule has 0 radical (unpaired) electrons. The van der Waals surface area contributed by atoms with Crippen molar-refractivity contribution in [3.05, 3.63) is 36.0 Å². The van der Waals surface area contributed by atoms with E-state index in [2.05, 4.69) is 30.4 Å². The Morgan fingerprint density at radius 1 is 1.33 bits per heavy atom. The van der Waals surface area contributed by atoms with Crippen LogP contribution in [0.25, 0.3) is 0 Å². The Hall–Kier alpha value is -2.35. The van der Waals surface area contributed by atoms with Gasteiger partial charge in [0, 0.05) is 65.6 Å². The minimum atomic E-state index is 0.845. The lowest BCUT2D eigenvalue weighted by Crippen LogP contribution is -2.52. The van der Waals surface area contributed by atoms with Gasteiger partial charge in [-0.3, -0.25) is 14.6 Å². The van der Waals surface area contributed by atoms with Crippen molar-refractivity contribution in [3.8, 4) is 0 Å². The number of aliphatic imine (C=N–C) groups is 1. The van der Waals surface area contributed by atoms with Crippen molar-refractivity contribution in [3.63, 3.8) is 0 Å². The molecule has 3 heterocycles. The summed E-state index contributed by atoms with van der Waals surface area (Å²) in [5, 5.41) is 11.6. The molecule has 0 bridgehead atoms. The molecule has 0 aromatic carbocycles. The Bertz CT molecular complexity index is 641. The summed E-state index contributed by atoms with van der Waals surface area (Å²) in [6.45, 7) is 5.62. The second-order valence-corrected chi connectivity index (χ2v) is 6.00. The zero-order valence-electron chi connectivity index (χ0n) is 14.4. The first kappa shape index (κ1) is 16.5. The van der Waals surface area contributed by atoms with Crippen molar-refractivity contribution < 1.29 is 4.52 Å². The molecule has 0 atom stereocenters. The molecular weight excluding hydrogens is 306 g/mol. The van der Waals surface area contributed by atoms with E-state index in [1.807, 2.05) is 37.2 Å². The third-order valence-electron chi connectivity index (χ3n) is 4.22. The number of aryl methyl sites for hydroxylation is 1. The third-order valence-corrected chi connectivity index (χ3v) is 4.22. The maximum atomic E-state index is 4.89. The average Bonchev–Trinajstić information content (AvgIpc) is 3.24. The van der Waals surface area contributed by atoms with Gasteiger partial charge in [-0.2, -0.15) is 5.10 Å². The van der Waals surface area contributed by atoms with Crippen LogP contribution >= 0.6 is 0 Å². The minimum absolute atomic E-state index is 0.845. The summed E-state index contributed by atoms with van der Waals surface area (Å²) in [5.41, 5.74) is 2.22. The molecule has 1 fully saturated rings. The first-order valence-corrected chi connectivity index (χ1v) is 8.29. The normalized spacial score (nSPS) is 16.6. The first-order valence-electron chi connectivity index (χ1n) is 8.29. The van der Waals surface area contributed by atoms with Crippen LogP contribution in [-0.4, -0.2) is 70.5 Å². The van der Waals surface area contributed by atoms with E-state index in [9.17, 15) is 0 Å². The van der Waals surface area contributed by atoms with Gasteiger partial charge in [0.1, 0.15) is 6.26 Å². The van der Waals surface area contributed by atoms with E-state index in [0.29, 0.717) is 0 Å². The number of rotatable bonds is 5. The minimum Gasteiger partial charge on any atom is -0.364 e. The van der Waals surface area contributed by atoms with E-state index in [1.165, 1.54) is 5.56 Å². The predicted octanol–water partition coefficient (Wildman–Crippen LogP) is 0.344. The molecule has 0 unspecified atom stereocenters. The fraction of sp³-hybridized carbons (Fsp3) is 0.562. The second-order valence-electron chi connectivity index (χ2n) is 6.00. The van der Waals surface area contributed by atoms with Crippen LogP contribution in [0.5, 0.6) is 0 Å².